The molecule has 2 N–H and O–H groups in total. The Morgan fingerprint density at radius 2 is 2.47 bits per heavy atom. The third-order valence-electron chi connectivity index (χ3n) is 2.62. The van der Waals surface area contributed by atoms with Crippen LogP contribution in [0.4, 0.5) is 5.82 Å². The average molecular weight is 272 g/mol. The fraction of sp³-hybridized carbons (Fsp3) is 0.455. The Balaban J connectivity index is 2.11. The molecule has 1 aromatic heterocycles. The van der Waals surface area contributed by atoms with Gasteiger partial charge in [0.25, 0.3) is 5.91 Å². The van der Waals surface area contributed by atoms with Crippen LogP contribution < -0.4 is 10.6 Å². The Bertz CT molecular complexity index is 421. The number of halogens is 1. The molecule has 1 aliphatic heterocycles. The molecule has 2 heterocycles. The number of carbonyl (C=O) groups excluding carboxylic acids is 1. The van der Waals surface area contributed by atoms with Crippen molar-refractivity contribution < 1.29 is 4.79 Å². The molecule has 1 amide bonds. The first kappa shape index (κ1) is 12.5. The van der Waals surface area contributed by atoms with E-state index in [2.05, 4.69) is 15.6 Å². The van der Waals surface area contributed by atoms with Gasteiger partial charge in [-0.3, -0.25) is 4.79 Å². The largest absolute Gasteiger partial charge is 0.373 e. The molecule has 0 aromatic carbocycles. The van der Waals surface area contributed by atoms with Gasteiger partial charge in [-0.05, 0) is 18.2 Å². The molecule has 1 aromatic rings. The number of hydrogen-bond acceptors (Lipinski definition) is 4. The number of thioether (sulfide) groups is 1. The van der Waals surface area contributed by atoms with Crippen molar-refractivity contribution in [3.63, 3.8) is 0 Å². The summed E-state index contributed by atoms with van der Waals surface area (Å²) in [6.45, 7) is 0. The summed E-state index contributed by atoms with van der Waals surface area (Å²) in [5.74, 6) is 2.60. The first-order chi connectivity index (χ1) is 8.20. The van der Waals surface area contributed by atoms with E-state index < -0.39 is 0 Å². The maximum Gasteiger partial charge on any atom is 0.253 e. The molecule has 1 saturated heterocycles. The quantitative estimate of drug-likeness (QED) is 0.883. The van der Waals surface area contributed by atoms with Crippen LogP contribution in [0.3, 0.4) is 0 Å². The van der Waals surface area contributed by atoms with Crippen LogP contribution in [-0.4, -0.2) is 35.5 Å². The molecule has 1 aliphatic rings. The Hall–Kier alpha value is -0.940. The first-order valence-electron chi connectivity index (χ1n) is 5.42. The van der Waals surface area contributed by atoms with Crippen LogP contribution in [-0.2, 0) is 0 Å². The Labute approximate surface area is 110 Å². The number of nitrogens with one attached hydrogen (secondary N) is 2. The fourth-order valence-electron chi connectivity index (χ4n) is 1.66. The highest BCUT2D eigenvalue weighted by Crippen LogP contribution is 2.20. The first-order valence-corrected chi connectivity index (χ1v) is 6.96. The van der Waals surface area contributed by atoms with Crippen LogP contribution in [0.15, 0.2) is 12.3 Å². The molecule has 0 saturated carbocycles. The lowest BCUT2D eigenvalue weighted by atomic mass is 10.2. The highest BCUT2D eigenvalue weighted by molar-refractivity contribution is 7.99. The number of rotatable bonds is 3. The summed E-state index contributed by atoms with van der Waals surface area (Å²) in [6.07, 6.45) is 2.52. The number of pyridine rings is 1. The van der Waals surface area contributed by atoms with Crippen molar-refractivity contribution in [1.29, 1.82) is 0 Å². The number of nitrogens with zero attached hydrogens (tertiary/aromatic N) is 1. The van der Waals surface area contributed by atoms with Crippen LogP contribution in [0.1, 0.15) is 16.8 Å². The monoisotopic (exact) mass is 271 g/mol. The van der Waals surface area contributed by atoms with Gasteiger partial charge in [-0.1, -0.05) is 11.6 Å². The summed E-state index contributed by atoms with van der Waals surface area (Å²) < 4.78 is 0. The lowest BCUT2D eigenvalue weighted by Gasteiger charge is -2.12. The van der Waals surface area contributed by atoms with Gasteiger partial charge in [0.05, 0.1) is 10.6 Å². The number of aromatic nitrogens is 1. The van der Waals surface area contributed by atoms with Gasteiger partial charge in [-0.15, -0.1) is 0 Å². The van der Waals surface area contributed by atoms with Gasteiger partial charge in [0.15, 0.2) is 0 Å². The van der Waals surface area contributed by atoms with Crippen molar-refractivity contribution in [2.24, 2.45) is 0 Å². The summed E-state index contributed by atoms with van der Waals surface area (Å²) in [7, 11) is 1.76. The van der Waals surface area contributed by atoms with Gasteiger partial charge in [-0.25, -0.2) is 4.98 Å². The van der Waals surface area contributed by atoms with E-state index in [1.807, 2.05) is 11.8 Å². The predicted octanol–water partition coefficient (Wildman–Crippen LogP) is 2.01. The SMILES string of the molecule is CNc1cc(C(=O)NC2CCSC2)c(Cl)cn1. The van der Waals surface area contributed by atoms with E-state index >= 15 is 0 Å². The lowest BCUT2D eigenvalue weighted by molar-refractivity contribution is 0.0941. The molecule has 0 bridgehead atoms. The van der Waals surface area contributed by atoms with E-state index in [0.717, 1.165) is 17.9 Å². The minimum absolute atomic E-state index is 0.124. The summed E-state index contributed by atoms with van der Waals surface area (Å²) in [6, 6.07) is 1.93. The molecule has 1 atom stereocenters. The molecule has 0 spiro atoms. The molecule has 0 radical (unpaired) electrons. The van der Waals surface area contributed by atoms with E-state index in [-0.39, 0.29) is 11.9 Å². The van der Waals surface area contributed by atoms with Gasteiger partial charge < -0.3 is 10.6 Å². The molecule has 92 valence electrons. The van der Waals surface area contributed by atoms with Crippen molar-refractivity contribution in [3.8, 4) is 0 Å². The maximum atomic E-state index is 12.0. The van der Waals surface area contributed by atoms with Crippen molar-refractivity contribution >= 4 is 35.1 Å². The summed E-state index contributed by atoms with van der Waals surface area (Å²) in [5, 5.41) is 6.26. The normalized spacial score (nSPS) is 19.1. The summed E-state index contributed by atoms with van der Waals surface area (Å²) in [5.41, 5.74) is 0.475. The fourth-order valence-corrected chi connectivity index (χ4v) is 3.00. The van der Waals surface area contributed by atoms with Crippen molar-refractivity contribution in [2.75, 3.05) is 23.9 Å². The zero-order chi connectivity index (χ0) is 12.3. The van der Waals surface area contributed by atoms with E-state index in [0.29, 0.717) is 16.4 Å². The number of amides is 1. The van der Waals surface area contributed by atoms with Gasteiger partial charge in [-0.2, -0.15) is 11.8 Å². The molecule has 17 heavy (non-hydrogen) atoms. The number of anilines is 1. The minimum Gasteiger partial charge on any atom is -0.373 e. The van der Waals surface area contributed by atoms with Crippen molar-refractivity contribution in [1.82, 2.24) is 10.3 Å². The summed E-state index contributed by atoms with van der Waals surface area (Å²) >= 11 is 7.84. The van der Waals surface area contributed by atoms with Crippen LogP contribution in [0, 0.1) is 0 Å². The van der Waals surface area contributed by atoms with Gasteiger partial charge in [0, 0.05) is 25.0 Å². The zero-order valence-corrected chi connectivity index (χ0v) is 11.1. The Kier molecular flexibility index (Phi) is 4.12. The highest BCUT2D eigenvalue weighted by atomic mass is 35.5. The third-order valence-corrected chi connectivity index (χ3v) is 4.08. The van der Waals surface area contributed by atoms with Crippen molar-refractivity contribution in [3.05, 3.63) is 22.8 Å². The number of carbonyl (C=O) groups is 1. The highest BCUT2D eigenvalue weighted by Gasteiger charge is 2.20. The van der Waals surface area contributed by atoms with E-state index in [1.54, 1.807) is 13.1 Å². The Morgan fingerprint density at radius 1 is 1.65 bits per heavy atom. The smallest absolute Gasteiger partial charge is 0.253 e. The molecule has 2 rings (SSSR count). The molecule has 1 fully saturated rings. The van der Waals surface area contributed by atoms with Crippen molar-refractivity contribution in [2.45, 2.75) is 12.5 Å². The Morgan fingerprint density at radius 3 is 3.12 bits per heavy atom. The van der Waals surface area contributed by atoms with Gasteiger partial charge in [0.2, 0.25) is 0 Å². The summed E-state index contributed by atoms with van der Waals surface area (Å²) in [4.78, 5) is 16.1. The zero-order valence-electron chi connectivity index (χ0n) is 9.50. The minimum atomic E-state index is -0.124. The molecule has 4 nitrogen and oxygen atoms in total. The van der Waals surface area contributed by atoms with Crippen LogP contribution in [0.2, 0.25) is 5.02 Å². The van der Waals surface area contributed by atoms with E-state index in [4.69, 9.17) is 11.6 Å². The standard InChI is InChI=1S/C11H14ClN3OS/c1-13-10-4-8(9(12)5-14-10)11(16)15-7-2-3-17-6-7/h4-5,7H,2-3,6H2,1H3,(H,13,14)(H,15,16). The predicted molar refractivity (Wildman–Crippen MR) is 72.0 cm³/mol. The number of hydrogen-bond donors (Lipinski definition) is 2. The van der Waals surface area contributed by atoms with E-state index in [9.17, 15) is 4.79 Å². The molecule has 0 aliphatic carbocycles. The molecule has 1 unspecified atom stereocenters. The van der Waals surface area contributed by atoms with Crippen LogP contribution >= 0.6 is 23.4 Å². The van der Waals surface area contributed by atoms with Crippen LogP contribution in [0.25, 0.3) is 0 Å². The third kappa shape index (κ3) is 3.04. The second-order valence-electron chi connectivity index (χ2n) is 3.83. The second kappa shape index (κ2) is 5.60. The van der Waals surface area contributed by atoms with Crippen LogP contribution in [0.5, 0.6) is 0 Å². The second-order valence-corrected chi connectivity index (χ2v) is 5.39. The van der Waals surface area contributed by atoms with E-state index in [1.165, 1.54) is 6.20 Å². The van der Waals surface area contributed by atoms with Gasteiger partial charge >= 0.3 is 0 Å². The average Bonchev–Trinajstić information content (AvgIpc) is 2.82. The molecular weight excluding hydrogens is 258 g/mol. The lowest BCUT2D eigenvalue weighted by Crippen LogP contribution is -2.34. The maximum absolute atomic E-state index is 12.0. The van der Waals surface area contributed by atoms with Gasteiger partial charge in [0.1, 0.15) is 5.82 Å². The molecular formula is C11H14ClN3OS. The topological polar surface area (TPSA) is 54.0 Å². The molecule has 6 heteroatoms.